The molecule has 0 bridgehead atoms. The first-order valence-corrected chi connectivity index (χ1v) is 10.7. The molecule has 0 atom stereocenters. The summed E-state index contributed by atoms with van der Waals surface area (Å²) in [6.07, 6.45) is 2.26. The van der Waals surface area contributed by atoms with Gasteiger partial charge in [-0.05, 0) is 30.5 Å². The van der Waals surface area contributed by atoms with Crippen LogP contribution >= 0.6 is 0 Å². The molecule has 5 rings (SSSR count). The number of hydrogen-bond donors (Lipinski definition) is 1. The maximum Gasteiger partial charge on any atom is 0.254 e. The van der Waals surface area contributed by atoms with Gasteiger partial charge in [-0.1, -0.05) is 66.7 Å². The van der Waals surface area contributed by atoms with E-state index < -0.39 is 0 Å². The molecule has 0 fully saturated rings. The van der Waals surface area contributed by atoms with Gasteiger partial charge in [0.25, 0.3) is 5.91 Å². The van der Waals surface area contributed by atoms with Crippen molar-refractivity contribution in [1.82, 2.24) is 15.5 Å². The number of nitrogens with one attached hydrogen (secondary N) is 1. The molecule has 1 amide bonds. The van der Waals surface area contributed by atoms with E-state index in [1.54, 1.807) is 0 Å². The number of benzene rings is 3. The summed E-state index contributed by atoms with van der Waals surface area (Å²) in [5.41, 5.74) is 5.46. The number of carbonyl (C=O) groups is 1. The van der Waals surface area contributed by atoms with Crippen LogP contribution < -0.4 is 10.2 Å². The topological polar surface area (TPSA) is 58.1 Å². The Hall–Kier alpha value is -3.73. The second-order valence-corrected chi connectivity index (χ2v) is 7.78. The van der Waals surface area contributed by atoms with Gasteiger partial charge in [-0.3, -0.25) is 4.79 Å². The highest BCUT2D eigenvalue weighted by molar-refractivity contribution is 6.10. The number of fused-ring (bicyclic) bond motifs is 2. The molecule has 1 aliphatic heterocycles. The van der Waals surface area contributed by atoms with Crippen molar-refractivity contribution in [3.8, 4) is 11.3 Å². The lowest BCUT2D eigenvalue weighted by Gasteiger charge is -2.31. The van der Waals surface area contributed by atoms with Crippen LogP contribution in [0.25, 0.3) is 22.2 Å². The minimum absolute atomic E-state index is 0.116. The summed E-state index contributed by atoms with van der Waals surface area (Å²) in [5.74, 6) is -0.116. The fourth-order valence-electron chi connectivity index (χ4n) is 4.32. The standard InChI is InChI=1S/C26H24N4O/c31-26(27-16-18-30-17-8-12-19-9-4-7-15-23(19)30)24-21-13-5-6-14-22(21)28-29-25(24)20-10-2-1-3-11-20/h1-7,9-11,13-15H,8,12,16-18H2,(H,27,31). The van der Waals surface area contributed by atoms with Gasteiger partial charge in [0.2, 0.25) is 0 Å². The number of carbonyl (C=O) groups excluding carboxylic acids is 1. The normalized spacial score (nSPS) is 13.1. The van der Waals surface area contributed by atoms with Gasteiger partial charge < -0.3 is 10.2 Å². The molecule has 5 nitrogen and oxygen atoms in total. The van der Waals surface area contributed by atoms with Crippen LogP contribution in [0.5, 0.6) is 0 Å². The van der Waals surface area contributed by atoms with Crippen LogP contribution in [0.2, 0.25) is 0 Å². The molecule has 1 N–H and O–H groups in total. The van der Waals surface area contributed by atoms with Crippen molar-refractivity contribution in [3.63, 3.8) is 0 Å². The molecular formula is C26H24N4O. The number of para-hydroxylation sites is 1. The molecule has 4 aromatic rings. The summed E-state index contributed by atoms with van der Waals surface area (Å²) in [5, 5.41) is 12.7. The lowest BCUT2D eigenvalue weighted by Crippen LogP contribution is -2.37. The first kappa shape index (κ1) is 19.2. The van der Waals surface area contributed by atoms with Crippen LogP contribution in [0.4, 0.5) is 5.69 Å². The van der Waals surface area contributed by atoms with Gasteiger partial charge in [-0.2, -0.15) is 0 Å². The number of amides is 1. The van der Waals surface area contributed by atoms with E-state index in [1.165, 1.54) is 11.3 Å². The Bertz CT molecular complexity index is 1220. The third-order valence-corrected chi connectivity index (χ3v) is 5.82. The van der Waals surface area contributed by atoms with E-state index in [4.69, 9.17) is 0 Å². The second-order valence-electron chi connectivity index (χ2n) is 7.78. The molecule has 1 aromatic heterocycles. The van der Waals surface area contributed by atoms with E-state index in [2.05, 4.69) is 44.7 Å². The first-order valence-electron chi connectivity index (χ1n) is 10.7. The lowest BCUT2D eigenvalue weighted by atomic mass is 10.0. The highest BCUT2D eigenvalue weighted by Crippen LogP contribution is 2.28. The van der Waals surface area contributed by atoms with Crippen LogP contribution in [0.1, 0.15) is 22.3 Å². The van der Waals surface area contributed by atoms with E-state index >= 15 is 0 Å². The van der Waals surface area contributed by atoms with Gasteiger partial charge >= 0.3 is 0 Å². The number of aryl methyl sites for hydroxylation is 1. The van der Waals surface area contributed by atoms with Crippen molar-refractivity contribution >= 4 is 22.5 Å². The second kappa shape index (κ2) is 8.56. The van der Waals surface area contributed by atoms with Crippen LogP contribution in [0.15, 0.2) is 78.9 Å². The third kappa shape index (κ3) is 3.87. The zero-order valence-corrected chi connectivity index (χ0v) is 17.3. The Morgan fingerprint density at radius 1 is 0.903 bits per heavy atom. The van der Waals surface area contributed by atoms with Crippen LogP contribution in [-0.4, -0.2) is 35.7 Å². The zero-order chi connectivity index (χ0) is 21.0. The molecule has 31 heavy (non-hydrogen) atoms. The van der Waals surface area contributed by atoms with Gasteiger partial charge in [0.1, 0.15) is 5.69 Å². The minimum Gasteiger partial charge on any atom is -0.370 e. The predicted molar refractivity (Wildman–Crippen MR) is 124 cm³/mol. The fourth-order valence-corrected chi connectivity index (χ4v) is 4.32. The summed E-state index contributed by atoms with van der Waals surface area (Å²) in [4.78, 5) is 15.7. The predicted octanol–water partition coefficient (Wildman–Crippen LogP) is 4.48. The Labute approximate surface area is 181 Å². The number of aromatic nitrogens is 2. The Morgan fingerprint density at radius 3 is 2.58 bits per heavy atom. The van der Waals surface area contributed by atoms with E-state index in [1.807, 2.05) is 54.6 Å². The molecule has 0 saturated carbocycles. The molecule has 0 saturated heterocycles. The number of rotatable bonds is 5. The molecule has 1 aliphatic rings. The molecule has 5 heteroatoms. The SMILES string of the molecule is O=C(NCCN1CCCc2ccccc21)c1c(-c2ccccc2)nnc2ccccc12. The Balaban J connectivity index is 1.40. The summed E-state index contributed by atoms with van der Waals surface area (Å²) in [6.45, 7) is 2.36. The highest BCUT2D eigenvalue weighted by atomic mass is 16.1. The maximum atomic E-state index is 13.3. The monoisotopic (exact) mass is 408 g/mol. The summed E-state index contributed by atoms with van der Waals surface area (Å²) >= 11 is 0. The first-order chi connectivity index (χ1) is 15.3. The van der Waals surface area contributed by atoms with Gasteiger partial charge in [0.05, 0.1) is 11.1 Å². The Morgan fingerprint density at radius 2 is 1.68 bits per heavy atom. The average Bonchev–Trinajstić information content (AvgIpc) is 2.84. The van der Waals surface area contributed by atoms with Crippen LogP contribution in [0, 0.1) is 0 Å². The van der Waals surface area contributed by atoms with Crippen molar-refractivity contribution in [2.45, 2.75) is 12.8 Å². The van der Waals surface area contributed by atoms with Crippen molar-refractivity contribution < 1.29 is 4.79 Å². The summed E-state index contributed by atoms with van der Waals surface area (Å²) < 4.78 is 0. The maximum absolute atomic E-state index is 13.3. The zero-order valence-electron chi connectivity index (χ0n) is 17.3. The Kier molecular flexibility index (Phi) is 5.31. The van der Waals surface area contributed by atoms with E-state index in [-0.39, 0.29) is 5.91 Å². The van der Waals surface area contributed by atoms with E-state index in [0.29, 0.717) is 17.8 Å². The molecule has 2 heterocycles. The quantitative estimate of drug-likeness (QED) is 0.529. The average molecular weight is 409 g/mol. The molecule has 0 unspecified atom stereocenters. The highest BCUT2D eigenvalue weighted by Gasteiger charge is 2.20. The molecule has 3 aromatic carbocycles. The minimum atomic E-state index is -0.116. The van der Waals surface area contributed by atoms with Gasteiger partial charge in [-0.15, -0.1) is 10.2 Å². The lowest BCUT2D eigenvalue weighted by molar-refractivity contribution is 0.0956. The number of hydrogen-bond acceptors (Lipinski definition) is 4. The largest absolute Gasteiger partial charge is 0.370 e. The van der Waals surface area contributed by atoms with E-state index in [0.717, 1.165) is 42.4 Å². The summed E-state index contributed by atoms with van der Waals surface area (Å²) in [7, 11) is 0. The molecule has 0 spiro atoms. The van der Waals surface area contributed by atoms with Gasteiger partial charge in [-0.25, -0.2) is 0 Å². The van der Waals surface area contributed by atoms with Crippen molar-refractivity contribution in [3.05, 3.63) is 90.0 Å². The van der Waals surface area contributed by atoms with Crippen molar-refractivity contribution in [1.29, 1.82) is 0 Å². The molecular weight excluding hydrogens is 384 g/mol. The van der Waals surface area contributed by atoms with Gasteiger partial charge in [0, 0.05) is 36.3 Å². The third-order valence-electron chi connectivity index (χ3n) is 5.82. The smallest absolute Gasteiger partial charge is 0.254 e. The van der Waals surface area contributed by atoms with Crippen LogP contribution in [0.3, 0.4) is 0 Å². The summed E-state index contributed by atoms with van der Waals surface area (Å²) in [6, 6.07) is 26.0. The molecule has 154 valence electrons. The molecule has 0 aliphatic carbocycles. The van der Waals surface area contributed by atoms with Crippen LogP contribution in [-0.2, 0) is 6.42 Å². The number of nitrogens with zero attached hydrogens (tertiary/aromatic N) is 3. The molecule has 0 radical (unpaired) electrons. The van der Waals surface area contributed by atoms with Crippen molar-refractivity contribution in [2.75, 3.05) is 24.5 Å². The van der Waals surface area contributed by atoms with Crippen molar-refractivity contribution in [2.24, 2.45) is 0 Å². The fraction of sp³-hybridized carbons (Fsp3) is 0.192. The van der Waals surface area contributed by atoms with Gasteiger partial charge in [0.15, 0.2) is 0 Å². The number of anilines is 1. The van der Waals surface area contributed by atoms with E-state index in [9.17, 15) is 4.79 Å².